The molecule has 55 heavy (non-hydrogen) atoms. The fourth-order valence-corrected chi connectivity index (χ4v) is 10.6. The summed E-state index contributed by atoms with van der Waals surface area (Å²) in [5, 5.41) is 20.7. The van der Waals surface area contributed by atoms with Crippen LogP contribution in [0.1, 0.15) is 65.6 Å². The van der Waals surface area contributed by atoms with Crippen molar-refractivity contribution in [3.63, 3.8) is 0 Å². The fourth-order valence-electron chi connectivity index (χ4n) is 10.6. The molecule has 0 radical (unpaired) electrons. The third-order valence-electron chi connectivity index (χ3n) is 13.3. The zero-order chi connectivity index (χ0) is 37.4. The molecule has 2 unspecified atom stereocenters. The highest BCUT2D eigenvalue weighted by atomic mass is 19.1. The molecule has 0 aliphatic carbocycles. The minimum Gasteiger partial charge on any atom is -0.508 e. The number of carbonyl (C=O) groups excluding carboxylic acids is 1. The first-order valence-corrected chi connectivity index (χ1v) is 20.2. The van der Waals surface area contributed by atoms with Crippen molar-refractivity contribution >= 4 is 28.2 Å². The van der Waals surface area contributed by atoms with Crippen LogP contribution in [0.25, 0.3) is 10.8 Å². The van der Waals surface area contributed by atoms with E-state index in [1.165, 1.54) is 6.07 Å². The second kappa shape index (κ2) is 13.6. The Morgan fingerprint density at radius 1 is 1.02 bits per heavy atom. The summed E-state index contributed by atoms with van der Waals surface area (Å²) >= 11 is 0. The molecule has 1 amide bonds. The molecule has 4 saturated heterocycles. The first-order valence-electron chi connectivity index (χ1n) is 20.2. The Morgan fingerprint density at radius 3 is 2.71 bits per heavy atom. The number of hydrogen-bond donors (Lipinski definition) is 2. The molecule has 10 rings (SSSR count). The SMILES string of the molecule is CCc1c(F)ccc2cc(O)cc(N3CCc4c(nc(OC[C@@]56CCCN5C[C@H](F)C6)nc4N4CCCn5nc(C(=O)N6CC7CNCC7C6)cc5C4)C3)c12. The van der Waals surface area contributed by atoms with Crippen LogP contribution >= 0.6 is 0 Å². The van der Waals surface area contributed by atoms with Gasteiger partial charge in [0, 0.05) is 81.5 Å². The van der Waals surface area contributed by atoms with E-state index in [1.54, 1.807) is 18.2 Å². The summed E-state index contributed by atoms with van der Waals surface area (Å²) in [5.41, 5.74) is 4.35. The zero-order valence-electron chi connectivity index (χ0n) is 31.4. The Kier molecular flexibility index (Phi) is 8.61. The number of hydrogen-bond acceptors (Lipinski definition) is 10. The third-order valence-corrected chi connectivity index (χ3v) is 13.3. The lowest BCUT2D eigenvalue weighted by Gasteiger charge is -2.35. The van der Waals surface area contributed by atoms with E-state index in [0.29, 0.717) is 81.7 Å². The molecule has 0 spiro atoms. The first kappa shape index (κ1) is 34.9. The Hall–Kier alpha value is -4.56. The maximum Gasteiger partial charge on any atom is 0.318 e. The number of fused-ring (bicyclic) bond motifs is 5. The van der Waals surface area contributed by atoms with E-state index in [-0.39, 0.29) is 29.0 Å². The van der Waals surface area contributed by atoms with E-state index < -0.39 is 6.17 Å². The third kappa shape index (κ3) is 6.07. The number of nitrogens with zero attached hydrogens (tertiary/aromatic N) is 8. The largest absolute Gasteiger partial charge is 0.508 e. The molecule has 0 saturated carbocycles. The van der Waals surface area contributed by atoms with Gasteiger partial charge in [0.05, 0.1) is 30.0 Å². The number of aryl methyl sites for hydroxylation is 2. The fraction of sp³-hybridized carbons (Fsp3) is 0.561. The second-order valence-electron chi connectivity index (χ2n) is 16.6. The van der Waals surface area contributed by atoms with Crippen LogP contribution in [0.3, 0.4) is 0 Å². The monoisotopic (exact) mass is 753 g/mol. The summed E-state index contributed by atoms with van der Waals surface area (Å²) in [6.07, 6.45) is 3.45. The average molecular weight is 754 g/mol. The van der Waals surface area contributed by atoms with E-state index in [0.717, 1.165) is 97.8 Å². The van der Waals surface area contributed by atoms with Crippen molar-refractivity contribution in [2.75, 3.05) is 68.8 Å². The first-order chi connectivity index (χ1) is 26.7. The van der Waals surface area contributed by atoms with Gasteiger partial charge in [-0.25, -0.2) is 8.78 Å². The number of aromatic hydroxyl groups is 1. The minimum atomic E-state index is -0.867. The molecular formula is C41H49F2N9O3. The summed E-state index contributed by atoms with van der Waals surface area (Å²) in [7, 11) is 0. The van der Waals surface area contributed by atoms with Gasteiger partial charge in [0.1, 0.15) is 30.2 Å². The summed E-state index contributed by atoms with van der Waals surface area (Å²) in [6.45, 7) is 10.1. The normalized spacial score (nSPS) is 26.3. The number of rotatable bonds is 7. The van der Waals surface area contributed by atoms with Crippen molar-refractivity contribution in [3.05, 3.63) is 64.4 Å². The lowest BCUT2D eigenvalue weighted by Crippen LogP contribution is -2.43. The predicted octanol–water partition coefficient (Wildman–Crippen LogP) is 4.45. The molecule has 8 heterocycles. The topological polar surface area (TPSA) is 115 Å². The molecule has 6 aliphatic heterocycles. The lowest BCUT2D eigenvalue weighted by atomic mass is 9.95. The van der Waals surface area contributed by atoms with Gasteiger partial charge < -0.3 is 29.9 Å². The molecule has 6 aliphatic rings. The average Bonchev–Trinajstić information content (AvgIpc) is 3.99. The highest BCUT2D eigenvalue weighted by molar-refractivity contribution is 5.98. The van der Waals surface area contributed by atoms with Crippen LogP contribution in [0.4, 0.5) is 20.3 Å². The Morgan fingerprint density at radius 2 is 1.87 bits per heavy atom. The molecular weight excluding hydrogens is 705 g/mol. The number of likely N-dealkylation sites (tertiary alicyclic amines) is 1. The van der Waals surface area contributed by atoms with Crippen molar-refractivity contribution in [3.8, 4) is 11.8 Å². The highest BCUT2D eigenvalue weighted by Gasteiger charge is 2.49. The summed E-state index contributed by atoms with van der Waals surface area (Å²) in [5.74, 6) is 1.71. The van der Waals surface area contributed by atoms with E-state index in [9.17, 15) is 14.3 Å². The van der Waals surface area contributed by atoms with Crippen LogP contribution in [0.2, 0.25) is 0 Å². The smallest absolute Gasteiger partial charge is 0.318 e. The van der Waals surface area contributed by atoms with Crippen molar-refractivity contribution in [1.29, 1.82) is 0 Å². The van der Waals surface area contributed by atoms with Gasteiger partial charge in [-0.1, -0.05) is 13.0 Å². The minimum absolute atomic E-state index is 0.00469. The van der Waals surface area contributed by atoms with Crippen molar-refractivity contribution < 1.29 is 23.4 Å². The molecule has 14 heteroatoms. The van der Waals surface area contributed by atoms with Crippen molar-refractivity contribution in [2.24, 2.45) is 11.8 Å². The highest BCUT2D eigenvalue weighted by Crippen LogP contribution is 2.42. The van der Waals surface area contributed by atoms with Crippen LogP contribution in [0.15, 0.2) is 30.3 Å². The molecule has 290 valence electrons. The molecule has 2 aromatic carbocycles. The van der Waals surface area contributed by atoms with Gasteiger partial charge in [-0.15, -0.1) is 0 Å². The molecule has 4 atom stereocenters. The number of amides is 1. The van der Waals surface area contributed by atoms with Gasteiger partial charge in [0.2, 0.25) is 0 Å². The second-order valence-corrected chi connectivity index (χ2v) is 16.6. The molecule has 4 aromatic rings. The van der Waals surface area contributed by atoms with E-state index >= 15 is 4.39 Å². The number of phenolic OH excluding ortho intramolecular Hbond substituents is 1. The number of alkyl halides is 1. The van der Waals surface area contributed by atoms with Gasteiger partial charge in [0.15, 0.2) is 5.69 Å². The van der Waals surface area contributed by atoms with Crippen LogP contribution in [-0.2, 0) is 32.5 Å². The van der Waals surface area contributed by atoms with Gasteiger partial charge in [-0.05, 0) is 79.6 Å². The summed E-state index contributed by atoms with van der Waals surface area (Å²) in [6, 6.07) is 8.84. The summed E-state index contributed by atoms with van der Waals surface area (Å²) in [4.78, 5) is 32.5. The van der Waals surface area contributed by atoms with Crippen LogP contribution < -0.4 is 19.9 Å². The number of anilines is 2. The maximum atomic E-state index is 15.2. The summed E-state index contributed by atoms with van der Waals surface area (Å²) < 4.78 is 38.4. The van der Waals surface area contributed by atoms with E-state index in [4.69, 9.17) is 19.8 Å². The van der Waals surface area contributed by atoms with Gasteiger partial charge in [0.25, 0.3) is 5.91 Å². The molecule has 2 N–H and O–H groups in total. The van der Waals surface area contributed by atoms with E-state index in [1.807, 2.05) is 22.6 Å². The van der Waals surface area contributed by atoms with Gasteiger partial charge in [-0.2, -0.15) is 15.1 Å². The number of ether oxygens (including phenoxy) is 1. The molecule has 4 fully saturated rings. The number of halogens is 2. The molecule has 0 bridgehead atoms. The van der Waals surface area contributed by atoms with Crippen molar-refractivity contribution in [1.82, 2.24) is 34.9 Å². The van der Waals surface area contributed by atoms with Gasteiger partial charge in [-0.3, -0.25) is 14.4 Å². The van der Waals surface area contributed by atoms with Crippen LogP contribution in [0.5, 0.6) is 11.8 Å². The number of nitrogens with one attached hydrogen (secondary N) is 1. The zero-order valence-corrected chi connectivity index (χ0v) is 31.4. The predicted molar refractivity (Wildman–Crippen MR) is 204 cm³/mol. The Bertz CT molecular complexity index is 2150. The van der Waals surface area contributed by atoms with Crippen LogP contribution in [0, 0.1) is 17.7 Å². The number of phenols is 1. The Labute approximate surface area is 319 Å². The van der Waals surface area contributed by atoms with Crippen LogP contribution in [-0.4, -0.2) is 111 Å². The standard InChI is InChI=1S/C41H49F2N9O3/c1-2-31-33(43)6-5-25-13-30(53)15-36(37(25)31)48-12-7-32-35(23-48)45-40(55-24-41-8-3-10-51(41)21-28(42)16-41)46-38(32)49-9-4-11-52-29(22-49)14-34(47-52)39(54)50-19-26-17-44-18-27(26)20-50/h5-6,13-15,26-28,44,53H,2-4,7-12,16-24H2,1H3/t26?,27?,28-,41+/m1/s1. The number of benzene rings is 2. The quantitative estimate of drug-likeness (QED) is 0.281. The van der Waals surface area contributed by atoms with E-state index in [2.05, 4.69) is 20.0 Å². The molecule has 12 nitrogen and oxygen atoms in total. The Balaban J connectivity index is 0.984. The number of aromatic nitrogens is 4. The molecule has 2 aromatic heterocycles. The maximum absolute atomic E-state index is 15.2. The van der Waals surface area contributed by atoms with Crippen molar-refractivity contribution in [2.45, 2.75) is 76.8 Å². The number of carbonyl (C=O) groups is 1. The van der Waals surface area contributed by atoms with Gasteiger partial charge >= 0.3 is 6.01 Å². The lowest BCUT2D eigenvalue weighted by molar-refractivity contribution is 0.0775.